The molecule has 35 heavy (non-hydrogen) atoms. The van der Waals surface area contributed by atoms with E-state index in [2.05, 4.69) is 0 Å². The quantitative estimate of drug-likeness (QED) is 0.450. The number of halogens is 1. The number of esters is 1. The van der Waals surface area contributed by atoms with E-state index < -0.39 is 5.97 Å². The zero-order valence-electron chi connectivity index (χ0n) is 19.8. The molecular formula is C29H29FN2O3. The molecule has 5 nitrogen and oxygen atoms in total. The first-order chi connectivity index (χ1) is 17.1. The number of pyridine rings is 1. The Balaban J connectivity index is 1.47. The maximum Gasteiger partial charge on any atom is 0.339 e. The number of nitrogens with zero attached hydrogens (tertiary/aromatic N) is 2. The van der Waals surface area contributed by atoms with Crippen LogP contribution in [0.15, 0.2) is 48.5 Å². The van der Waals surface area contributed by atoms with Gasteiger partial charge >= 0.3 is 5.97 Å². The maximum atomic E-state index is 13.4. The molecule has 0 bridgehead atoms. The number of ether oxygens (including phenoxy) is 1. The third-order valence-electron chi connectivity index (χ3n) is 6.87. The number of hydrogen-bond acceptors (Lipinski definition) is 4. The van der Waals surface area contributed by atoms with Crippen molar-refractivity contribution in [1.29, 1.82) is 0 Å². The Labute approximate surface area is 204 Å². The fourth-order valence-corrected chi connectivity index (χ4v) is 5.08. The lowest BCUT2D eigenvalue weighted by Gasteiger charge is -2.23. The van der Waals surface area contributed by atoms with Crippen molar-refractivity contribution in [3.05, 3.63) is 76.7 Å². The van der Waals surface area contributed by atoms with Gasteiger partial charge in [0.2, 0.25) is 0 Å². The predicted octanol–water partition coefficient (Wildman–Crippen LogP) is 5.81. The van der Waals surface area contributed by atoms with Crippen LogP contribution in [-0.4, -0.2) is 41.5 Å². The highest BCUT2D eigenvalue weighted by atomic mass is 19.1. The van der Waals surface area contributed by atoms with Crippen LogP contribution >= 0.6 is 0 Å². The average Bonchev–Trinajstić information content (AvgIpc) is 3.17. The number of aromatic nitrogens is 1. The summed E-state index contributed by atoms with van der Waals surface area (Å²) in [6.45, 7) is 1.20. The van der Waals surface area contributed by atoms with Crippen LogP contribution in [0.2, 0.25) is 0 Å². The van der Waals surface area contributed by atoms with Crippen LogP contribution in [0, 0.1) is 5.82 Å². The summed E-state index contributed by atoms with van der Waals surface area (Å²) in [5.41, 5.74) is 4.75. The Morgan fingerprint density at radius 2 is 1.69 bits per heavy atom. The number of hydrogen-bond donors (Lipinski definition) is 0. The second-order valence-corrected chi connectivity index (χ2v) is 9.28. The molecular weight excluding hydrogens is 443 g/mol. The topological polar surface area (TPSA) is 59.5 Å². The van der Waals surface area contributed by atoms with Gasteiger partial charge in [-0.2, -0.15) is 0 Å². The standard InChI is InChI=1S/C29H29FN2O3/c30-22-14-12-20(13-15-22)18-21-8-7-10-24-27(23-9-3-4-11-25(23)31-28(21)24)29(34)35-19-26(33)32-16-5-1-2-6-17-32/h3-4,9,11-15,18H,1-2,5-8,10,16-17,19H2. The first-order valence-corrected chi connectivity index (χ1v) is 12.4. The number of fused-ring (bicyclic) bond motifs is 2. The zero-order valence-corrected chi connectivity index (χ0v) is 19.8. The lowest BCUT2D eigenvalue weighted by Crippen LogP contribution is -2.35. The number of amides is 1. The van der Waals surface area contributed by atoms with Crippen LogP contribution in [0.25, 0.3) is 22.6 Å². The summed E-state index contributed by atoms with van der Waals surface area (Å²) < 4.78 is 19.0. The first kappa shape index (κ1) is 23.2. The third-order valence-corrected chi connectivity index (χ3v) is 6.87. The van der Waals surface area contributed by atoms with E-state index in [1.54, 1.807) is 12.1 Å². The number of carbonyl (C=O) groups is 2. The first-order valence-electron chi connectivity index (χ1n) is 12.4. The van der Waals surface area contributed by atoms with Gasteiger partial charge in [-0.3, -0.25) is 4.79 Å². The van der Waals surface area contributed by atoms with E-state index >= 15 is 0 Å². The molecule has 1 amide bonds. The molecule has 1 saturated heterocycles. The molecule has 3 aromatic rings. The Morgan fingerprint density at radius 3 is 2.46 bits per heavy atom. The summed E-state index contributed by atoms with van der Waals surface area (Å²) in [6.07, 6.45) is 8.65. The van der Waals surface area contributed by atoms with E-state index in [4.69, 9.17) is 9.72 Å². The molecule has 0 N–H and O–H groups in total. The number of allylic oxidation sites excluding steroid dienone is 1. The molecule has 1 aliphatic carbocycles. The molecule has 5 rings (SSSR count). The molecule has 180 valence electrons. The minimum absolute atomic E-state index is 0.135. The van der Waals surface area contributed by atoms with Crippen molar-refractivity contribution in [1.82, 2.24) is 9.88 Å². The molecule has 2 aromatic carbocycles. The number of likely N-dealkylation sites (tertiary alicyclic amines) is 1. The lowest BCUT2D eigenvalue weighted by atomic mass is 9.86. The highest BCUT2D eigenvalue weighted by Crippen LogP contribution is 2.36. The van der Waals surface area contributed by atoms with Crippen molar-refractivity contribution in [2.75, 3.05) is 19.7 Å². The van der Waals surface area contributed by atoms with Gasteiger partial charge in [-0.25, -0.2) is 14.2 Å². The summed E-state index contributed by atoms with van der Waals surface area (Å²) in [4.78, 5) is 32.8. The van der Waals surface area contributed by atoms with Crippen molar-refractivity contribution in [2.45, 2.75) is 44.9 Å². The molecule has 2 heterocycles. The number of carbonyl (C=O) groups excluding carboxylic acids is 2. The predicted molar refractivity (Wildman–Crippen MR) is 134 cm³/mol. The second kappa shape index (κ2) is 10.4. The summed E-state index contributed by atoms with van der Waals surface area (Å²) in [7, 11) is 0. The van der Waals surface area contributed by atoms with Gasteiger partial charge in [0.05, 0.1) is 16.8 Å². The van der Waals surface area contributed by atoms with Crippen molar-refractivity contribution >= 4 is 34.4 Å². The molecule has 0 unspecified atom stereocenters. The van der Waals surface area contributed by atoms with E-state index in [1.807, 2.05) is 35.2 Å². The molecule has 1 aliphatic heterocycles. The number of benzene rings is 2. The van der Waals surface area contributed by atoms with E-state index in [9.17, 15) is 14.0 Å². The van der Waals surface area contributed by atoms with Gasteiger partial charge in [-0.1, -0.05) is 43.2 Å². The highest BCUT2D eigenvalue weighted by Gasteiger charge is 2.27. The van der Waals surface area contributed by atoms with Crippen LogP contribution in [-0.2, 0) is 16.0 Å². The van der Waals surface area contributed by atoms with Gasteiger partial charge in [-0.15, -0.1) is 0 Å². The molecule has 0 spiro atoms. The third kappa shape index (κ3) is 5.11. The van der Waals surface area contributed by atoms with Crippen LogP contribution in [0.1, 0.15) is 65.7 Å². The molecule has 2 aliphatic rings. The minimum Gasteiger partial charge on any atom is -0.452 e. The second-order valence-electron chi connectivity index (χ2n) is 9.28. The normalized spacial score (nSPS) is 17.2. The fourth-order valence-electron chi connectivity index (χ4n) is 5.08. The summed E-state index contributed by atoms with van der Waals surface area (Å²) in [6, 6.07) is 13.9. The van der Waals surface area contributed by atoms with Gasteiger partial charge in [0.25, 0.3) is 5.91 Å². The van der Waals surface area contributed by atoms with Crippen LogP contribution in [0.4, 0.5) is 4.39 Å². The molecule has 6 heteroatoms. The van der Waals surface area contributed by atoms with Crippen molar-refractivity contribution in [2.24, 2.45) is 0 Å². The van der Waals surface area contributed by atoms with E-state index in [1.165, 1.54) is 12.1 Å². The molecule has 0 atom stereocenters. The maximum absolute atomic E-state index is 13.4. The highest BCUT2D eigenvalue weighted by molar-refractivity contribution is 6.07. The Hall–Kier alpha value is -3.54. The smallest absolute Gasteiger partial charge is 0.339 e. The van der Waals surface area contributed by atoms with Crippen molar-refractivity contribution in [3.8, 4) is 0 Å². The molecule has 1 aromatic heterocycles. The average molecular weight is 473 g/mol. The molecule has 0 radical (unpaired) electrons. The number of rotatable bonds is 4. The van der Waals surface area contributed by atoms with E-state index in [-0.39, 0.29) is 18.3 Å². The summed E-state index contributed by atoms with van der Waals surface area (Å²) in [5.74, 6) is -0.893. The summed E-state index contributed by atoms with van der Waals surface area (Å²) >= 11 is 0. The van der Waals surface area contributed by atoms with Gasteiger partial charge in [0, 0.05) is 18.5 Å². The zero-order chi connectivity index (χ0) is 24.2. The molecule has 0 saturated carbocycles. The lowest BCUT2D eigenvalue weighted by molar-refractivity contribution is -0.134. The van der Waals surface area contributed by atoms with Crippen LogP contribution in [0.5, 0.6) is 0 Å². The van der Waals surface area contributed by atoms with Crippen LogP contribution < -0.4 is 0 Å². The fraction of sp³-hybridized carbons (Fsp3) is 0.345. The van der Waals surface area contributed by atoms with Crippen LogP contribution in [0.3, 0.4) is 0 Å². The summed E-state index contributed by atoms with van der Waals surface area (Å²) in [5, 5.41) is 0.738. The Kier molecular flexibility index (Phi) is 6.89. The van der Waals surface area contributed by atoms with Gasteiger partial charge in [-0.05, 0) is 73.1 Å². The largest absolute Gasteiger partial charge is 0.452 e. The van der Waals surface area contributed by atoms with E-state index in [0.717, 1.165) is 79.4 Å². The van der Waals surface area contributed by atoms with Gasteiger partial charge in [0.1, 0.15) is 5.82 Å². The Bertz CT molecular complexity index is 1280. The van der Waals surface area contributed by atoms with Gasteiger partial charge < -0.3 is 9.64 Å². The SMILES string of the molecule is O=C(OCC(=O)N1CCCCCC1)c1c2c(nc3ccccc13)C(=Cc1ccc(F)cc1)CCC2. The van der Waals surface area contributed by atoms with Crippen molar-refractivity contribution < 1.29 is 18.7 Å². The molecule has 1 fully saturated rings. The minimum atomic E-state index is -0.481. The van der Waals surface area contributed by atoms with E-state index in [0.29, 0.717) is 17.5 Å². The van der Waals surface area contributed by atoms with Gasteiger partial charge in [0.15, 0.2) is 6.61 Å². The number of para-hydroxylation sites is 1. The monoisotopic (exact) mass is 472 g/mol. The van der Waals surface area contributed by atoms with Crippen molar-refractivity contribution in [3.63, 3.8) is 0 Å². The Morgan fingerprint density at radius 1 is 0.943 bits per heavy atom.